The molecule has 0 aliphatic heterocycles. The monoisotopic (exact) mass is 519 g/mol. The van der Waals surface area contributed by atoms with E-state index in [2.05, 4.69) is 5.32 Å². The number of nitrogens with one attached hydrogen (secondary N) is 1. The number of hydrogen-bond donors (Lipinski definition) is 3. The Hall–Kier alpha value is -2.09. The minimum Gasteiger partial charge on any atom is -0.488 e. The van der Waals surface area contributed by atoms with Crippen LogP contribution in [-0.2, 0) is 12.8 Å². The lowest BCUT2D eigenvalue weighted by atomic mass is 10.0. The summed E-state index contributed by atoms with van der Waals surface area (Å²) in [6.45, 7) is 0.0458. The fourth-order valence-electron chi connectivity index (χ4n) is 3.24. The number of hydrogen-bond acceptors (Lipinski definition) is 4. The van der Waals surface area contributed by atoms with Gasteiger partial charge in [0.15, 0.2) is 8.38 Å². The van der Waals surface area contributed by atoms with Crippen LogP contribution in [0, 0.1) is 0 Å². The minimum atomic E-state index is -4.70. The van der Waals surface area contributed by atoms with Crippen molar-refractivity contribution >= 4 is 48.3 Å². The summed E-state index contributed by atoms with van der Waals surface area (Å²) in [7, 11) is -2.03. The summed E-state index contributed by atoms with van der Waals surface area (Å²) >= 11 is 11.9. The van der Waals surface area contributed by atoms with Gasteiger partial charge in [-0.2, -0.15) is 13.2 Å². The molecule has 0 aliphatic carbocycles. The van der Waals surface area contributed by atoms with E-state index in [9.17, 15) is 18.0 Å². The second-order valence-electron chi connectivity index (χ2n) is 7.14. The number of rotatable bonds is 8. The normalized spacial score (nSPS) is 11.8. The maximum absolute atomic E-state index is 13.9. The summed E-state index contributed by atoms with van der Waals surface area (Å²) in [5.74, 6) is -0.823. The lowest BCUT2D eigenvalue weighted by Crippen LogP contribution is -2.24. The zero-order chi connectivity index (χ0) is 24.2. The number of benzene rings is 3. The van der Waals surface area contributed by atoms with Crippen LogP contribution in [0.1, 0.15) is 27.9 Å². The Morgan fingerprint density at radius 1 is 1.03 bits per heavy atom. The number of carbonyl (C=O) groups excluding carboxylic acids is 1. The van der Waals surface area contributed by atoms with Gasteiger partial charge in [0.05, 0.1) is 0 Å². The first-order chi connectivity index (χ1) is 15.5. The van der Waals surface area contributed by atoms with E-state index in [0.717, 1.165) is 0 Å². The summed E-state index contributed by atoms with van der Waals surface area (Å²) in [6, 6.07) is 11.2. The van der Waals surface area contributed by atoms with Crippen molar-refractivity contribution in [3.63, 3.8) is 0 Å². The largest absolute Gasteiger partial charge is 0.488 e. The van der Waals surface area contributed by atoms with Gasteiger partial charge >= 0.3 is 6.18 Å². The predicted octanol–water partition coefficient (Wildman–Crippen LogP) is 6.16. The molecule has 176 valence electrons. The van der Waals surface area contributed by atoms with Gasteiger partial charge in [0.25, 0.3) is 5.91 Å². The van der Waals surface area contributed by atoms with Crippen molar-refractivity contribution < 1.29 is 32.5 Å². The third kappa shape index (κ3) is 6.95. The topological polar surface area (TPSA) is 78.8 Å². The molecule has 1 amide bonds. The van der Waals surface area contributed by atoms with Crippen molar-refractivity contribution in [2.75, 3.05) is 12.7 Å². The van der Waals surface area contributed by atoms with Crippen molar-refractivity contribution in [1.29, 1.82) is 0 Å². The first-order valence-corrected chi connectivity index (χ1v) is 11.9. The van der Waals surface area contributed by atoms with Gasteiger partial charge in [-0.25, -0.2) is 0 Å². The quantitative estimate of drug-likeness (QED) is 0.246. The number of fused-ring (bicyclic) bond motifs is 1. The van der Waals surface area contributed by atoms with Gasteiger partial charge in [0, 0.05) is 28.3 Å². The number of halogens is 5. The van der Waals surface area contributed by atoms with Crippen LogP contribution in [0.25, 0.3) is 10.8 Å². The third-order valence-corrected chi connectivity index (χ3v) is 5.82. The summed E-state index contributed by atoms with van der Waals surface area (Å²) in [4.78, 5) is 30.1. The smallest absolute Gasteiger partial charge is 0.420 e. The van der Waals surface area contributed by atoms with E-state index in [1.165, 1.54) is 36.4 Å². The van der Waals surface area contributed by atoms with Crippen molar-refractivity contribution in [3.8, 4) is 5.75 Å². The van der Waals surface area contributed by atoms with Crippen molar-refractivity contribution in [3.05, 3.63) is 75.3 Å². The van der Waals surface area contributed by atoms with E-state index in [4.69, 9.17) is 37.7 Å². The Labute approximate surface area is 199 Å². The van der Waals surface area contributed by atoms with Crippen LogP contribution in [0.4, 0.5) is 13.2 Å². The molecule has 0 atom stereocenters. The fourth-order valence-corrected chi connectivity index (χ4v) is 4.26. The summed E-state index contributed by atoms with van der Waals surface area (Å²) in [6.07, 6.45) is -4.17. The summed E-state index contributed by atoms with van der Waals surface area (Å²) in [5.41, 5.74) is -0.241. The summed E-state index contributed by atoms with van der Waals surface area (Å²) in [5, 5.41) is 3.41. The molecule has 0 unspecified atom stereocenters. The molecular weight excluding hydrogens is 501 g/mol. The molecule has 3 aromatic carbocycles. The molecule has 0 aliphatic rings. The van der Waals surface area contributed by atoms with Crippen molar-refractivity contribution in [2.45, 2.75) is 19.2 Å². The van der Waals surface area contributed by atoms with E-state index in [1.807, 2.05) is 0 Å². The Kier molecular flexibility index (Phi) is 8.43. The van der Waals surface area contributed by atoms with Gasteiger partial charge in [-0.3, -0.25) is 4.79 Å². The third-order valence-electron chi connectivity index (χ3n) is 4.66. The Morgan fingerprint density at radius 3 is 2.36 bits per heavy atom. The fraction of sp³-hybridized carbons (Fsp3) is 0.227. The van der Waals surface area contributed by atoms with Crippen LogP contribution in [-0.4, -0.2) is 28.4 Å². The van der Waals surface area contributed by atoms with Crippen molar-refractivity contribution in [1.82, 2.24) is 5.32 Å². The first-order valence-electron chi connectivity index (χ1n) is 9.70. The van der Waals surface area contributed by atoms with E-state index in [1.54, 1.807) is 12.1 Å². The molecule has 3 rings (SSSR count). The molecule has 3 aromatic rings. The molecule has 0 radical (unpaired) electrons. The van der Waals surface area contributed by atoms with Crippen LogP contribution in [0.2, 0.25) is 10.0 Å². The highest BCUT2D eigenvalue weighted by Crippen LogP contribution is 2.42. The van der Waals surface area contributed by atoms with E-state index in [0.29, 0.717) is 22.0 Å². The van der Waals surface area contributed by atoms with E-state index < -0.39 is 26.0 Å². The Bertz CT molecular complexity index is 1140. The lowest BCUT2D eigenvalue weighted by molar-refractivity contribution is -0.137. The zero-order valence-corrected chi connectivity index (χ0v) is 19.4. The molecule has 11 heteroatoms. The van der Waals surface area contributed by atoms with Gasteiger partial charge < -0.3 is 19.8 Å². The molecule has 0 fully saturated rings. The predicted molar refractivity (Wildman–Crippen MR) is 123 cm³/mol. The minimum absolute atomic E-state index is 0.105. The van der Waals surface area contributed by atoms with E-state index >= 15 is 0 Å². The van der Waals surface area contributed by atoms with Gasteiger partial charge in [-0.1, -0.05) is 35.3 Å². The number of alkyl halides is 3. The van der Waals surface area contributed by atoms with Crippen LogP contribution in [0.3, 0.4) is 0 Å². The summed E-state index contributed by atoms with van der Waals surface area (Å²) < 4.78 is 47.2. The number of ether oxygens (including phenoxy) is 1. The van der Waals surface area contributed by atoms with Gasteiger partial charge in [0.2, 0.25) is 0 Å². The molecule has 3 N–H and O–H groups in total. The molecular formula is C22H19Cl2F3NO4P. The SMILES string of the molecule is O=C(NCCCP(O)O)c1ccc2c(C(F)(F)F)c(OCc3cc(Cl)cc(Cl)c3)ccc2c1. The van der Waals surface area contributed by atoms with Gasteiger partial charge in [-0.15, -0.1) is 0 Å². The Morgan fingerprint density at radius 2 is 1.73 bits per heavy atom. The van der Waals surface area contributed by atoms with E-state index in [-0.39, 0.29) is 41.4 Å². The highest BCUT2D eigenvalue weighted by Gasteiger charge is 2.36. The lowest BCUT2D eigenvalue weighted by Gasteiger charge is -2.17. The molecule has 5 nitrogen and oxygen atoms in total. The van der Waals surface area contributed by atoms with Gasteiger partial charge in [-0.05, 0) is 59.2 Å². The average molecular weight is 520 g/mol. The molecule has 0 spiro atoms. The van der Waals surface area contributed by atoms with Crippen LogP contribution in [0.15, 0.2) is 48.5 Å². The maximum Gasteiger partial charge on any atom is 0.420 e. The zero-order valence-electron chi connectivity index (χ0n) is 17.0. The highest BCUT2D eigenvalue weighted by molar-refractivity contribution is 7.45. The second-order valence-corrected chi connectivity index (χ2v) is 9.21. The molecule has 0 saturated carbocycles. The molecule has 0 heterocycles. The maximum atomic E-state index is 13.9. The first kappa shape index (κ1) is 25.5. The average Bonchev–Trinajstić information content (AvgIpc) is 2.72. The van der Waals surface area contributed by atoms with Gasteiger partial charge in [0.1, 0.15) is 17.9 Å². The van der Waals surface area contributed by atoms with Crippen molar-refractivity contribution in [2.24, 2.45) is 0 Å². The molecule has 0 aromatic heterocycles. The standard InChI is InChI=1S/C22H19Cl2F3NO4P/c23-16-8-13(9-17(24)11-16)12-32-19-5-3-14-10-15(21(29)28-6-1-7-33(30)31)2-4-18(14)20(19)22(25,26)27/h2-5,8-11,30-31H,1,6-7,12H2,(H,28,29). The number of amides is 1. The van der Waals surface area contributed by atoms with Crippen LogP contribution >= 0.6 is 31.6 Å². The second kappa shape index (κ2) is 10.9. The number of carbonyl (C=O) groups is 1. The highest BCUT2D eigenvalue weighted by atomic mass is 35.5. The molecule has 33 heavy (non-hydrogen) atoms. The van der Waals surface area contributed by atoms with Crippen LogP contribution in [0.5, 0.6) is 5.75 Å². The molecule has 0 saturated heterocycles. The molecule has 0 bridgehead atoms. The van der Waals surface area contributed by atoms with Crippen LogP contribution < -0.4 is 10.1 Å². The Balaban J connectivity index is 1.85.